The molecule has 1 aliphatic rings. The monoisotopic (exact) mass is 412 g/mol. The van der Waals surface area contributed by atoms with Crippen molar-refractivity contribution < 1.29 is 9.90 Å². The topological polar surface area (TPSA) is 88.0 Å². The Labute approximate surface area is 181 Å². The van der Waals surface area contributed by atoms with Crippen molar-refractivity contribution in [1.82, 2.24) is 20.3 Å². The number of hydrogen-bond acceptors (Lipinski definition) is 5. The normalized spacial score (nSPS) is 18.0. The summed E-state index contributed by atoms with van der Waals surface area (Å²) in [5, 5.41) is 13.1. The van der Waals surface area contributed by atoms with Crippen molar-refractivity contribution in [1.29, 1.82) is 0 Å². The van der Waals surface area contributed by atoms with Gasteiger partial charge in [-0.2, -0.15) is 0 Å². The number of carbonyl (C=O) groups excluding carboxylic acids is 1. The zero-order valence-electron chi connectivity index (χ0n) is 17.4. The first kappa shape index (κ1) is 20.7. The maximum absolute atomic E-state index is 12.7. The van der Waals surface area contributed by atoms with E-state index in [0.29, 0.717) is 11.4 Å². The minimum Gasteiger partial charge on any atom is -0.391 e. The summed E-state index contributed by atoms with van der Waals surface area (Å²) in [5.74, 6) is 6.70. The zero-order chi connectivity index (χ0) is 21.6. The van der Waals surface area contributed by atoms with E-state index in [1.165, 1.54) is 0 Å². The molecule has 0 aliphatic heterocycles. The molecule has 1 saturated carbocycles. The summed E-state index contributed by atoms with van der Waals surface area (Å²) >= 11 is 0. The Bertz CT molecular complexity index is 1140. The molecule has 1 fully saturated rings. The molecule has 6 nitrogen and oxygen atoms in total. The molecule has 4 rings (SSSR count). The van der Waals surface area contributed by atoms with E-state index < -0.39 is 6.10 Å². The molecule has 1 amide bonds. The second-order valence-corrected chi connectivity index (χ2v) is 7.75. The molecule has 2 aromatic heterocycles. The van der Waals surface area contributed by atoms with Gasteiger partial charge in [0, 0.05) is 47.0 Å². The van der Waals surface area contributed by atoms with Crippen LogP contribution in [0.25, 0.3) is 11.4 Å². The lowest BCUT2D eigenvalue weighted by atomic mass is 9.92. The van der Waals surface area contributed by atoms with Crippen LogP contribution in [-0.4, -0.2) is 38.1 Å². The highest BCUT2D eigenvalue weighted by molar-refractivity contribution is 5.95. The number of pyridine rings is 1. The lowest BCUT2D eigenvalue weighted by Crippen LogP contribution is -2.45. The van der Waals surface area contributed by atoms with Gasteiger partial charge in [-0.05, 0) is 49.6 Å². The van der Waals surface area contributed by atoms with Crippen molar-refractivity contribution >= 4 is 5.91 Å². The Balaban J connectivity index is 1.54. The van der Waals surface area contributed by atoms with Crippen LogP contribution in [0.5, 0.6) is 0 Å². The molecule has 0 spiro atoms. The van der Waals surface area contributed by atoms with E-state index in [4.69, 9.17) is 0 Å². The molecular weight excluding hydrogens is 388 g/mol. The average molecular weight is 412 g/mol. The van der Waals surface area contributed by atoms with Gasteiger partial charge >= 0.3 is 0 Å². The van der Waals surface area contributed by atoms with Crippen molar-refractivity contribution in [2.24, 2.45) is 0 Å². The third-order valence-electron chi connectivity index (χ3n) is 5.45. The summed E-state index contributed by atoms with van der Waals surface area (Å²) in [6.45, 7) is 1.96. The summed E-state index contributed by atoms with van der Waals surface area (Å²) in [6.07, 6.45) is 9.86. The number of nitrogens with one attached hydrogen (secondary N) is 1. The van der Waals surface area contributed by atoms with Crippen LogP contribution in [0.3, 0.4) is 0 Å². The van der Waals surface area contributed by atoms with E-state index >= 15 is 0 Å². The molecule has 31 heavy (non-hydrogen) atoms. The van der Waals surface area contributed by atoms with Crippen LogP contribution in [0, 0.1) is 18.8 Å². The van der Waals surface area contributed by atoms with E-state index in [0.717, 1.165) is 47.9 Å². The number of carbonyl (C=O) groups is 1. The number of aliphatic hydroxyl groups excluding tert-OH is 1. The fourth-order valence-corrected chi connectivity index (χ4v) is 3.65. The number of aliphatic hydroxyl groups is 1. The Morgan fingerprint density at radius 2 is 1.90 bits per heavy atom. The smallest absolute Gasteiger partial charge is 0.251 e. The van der Waals surface area contributed by atoms with Crippen molar-refractivity contribution in [2.75, 3.05) is 0 Å². The average Bonchev–Trinajstić information content (AvgIpc) is 2.81. The standard InChI is InChI=1S/C25H24N4O2/c1-17-7-9-20(25(31)29-22-5-2-3-6-23(22)30)14-19(17)10-8-18-13-21(16-26-15-18)24-27-11-4-12-28-24/h4,7,9,11-16,22-23,30H,2-3,5-6H2,1H3,(H,29,31)/t22-,23-/m0/s1. The van der Waals surface area contributed by atoms with Gasteiger partial charge in [0.15, 0.2) is 5.82 Å². The molecule has 0 unspecified atom stereocenters. The first-order chi connectivity index (χ1) is 15.1. The van der Waals surface area contributed by atoms with Gasteiger partial charge in [0.25, 0.3) is 5.91 Å². The van der Waals surface area contributed by atoms with Gasteiger partial charge in [-0.1, -0.05) is 30.7 Å². The van der Waals surface area contributed by atoms with E-state index in [2.05, 4.69) is 32.1 Å². The molecule has 2 N–H and O–H groups in total. The molecule has 0 saturated heterocycles. The molecule has 0 radical (unpaired) electrons. The Hall–Kier alpha value is -3.56. The third kappa shape index (κ3) is 5.14. The fraction of sp³-hybridized carbons (Fsp3) is 0.280. The van der Waals surface area contributed by atoms with Gasteiger partial charge < -0.3 is 10.4 Å². The molecule has 3 aromatic rings. The largest absolute Gasteiger partial charge is 0.391 e. The number of benzene rings is 1. The van der Waals surface area contributed by atoms with Gasteiger partial charge in [-0.15, -0.1) is 0 Å². The van der Waals surface area contributed by atoms with Gasteiger partial charge in [0.05, 0.1) is 12.1 Å². The minimum absolute atomic E-state index is 0.182. The Kier molecular flexibility index (Phi) is 6.34. The van der Waals surface area contributed by atoms with Crippen LogP contribution in [0.1, 0.15) is 52.7 Å². The highest BCUT2D eigenvalue weighted by Gasteiger charge is 2.24. The van der Waals surface area contributed by atoms with Crippen molar-refractivity contribution in [3.8, 4) is 23.2 Å². The summed E-state index contributed by atoms with van der Waals surface area (Å²) in [7, 11) is 0. The molecule has 156 valence electrons. The molecule has 6 heteroatoms. The summed E-state index contributed by atoms with van der Waals surface area (Å²) < 4.78 is 0. The van der Waals surface area contributed by atoms with Crippen molar-refractivity contribution in [3.05, 3.63) is 77.4 Å². The molecule has 1 aliphatic carbocycles. The first-order valence-corrected chi connectivity index (χ1v) is 10.4. The Morgan fingerprint density at radius 1 is 1.10 bits per heavy atom. The lowest BCUT2D eigenvalue weighted by molar-refractivity contribution is 0.0717. The number of rotatable bonds is 3. The molecule has 0 bridgehead atoms. The molecule has 2 atom stereocenters. The SMILES string of the molecule is Cc1ccc(C(=O)N[C@H]2CCCC[C@@H]2O)cc1C#Cc1cncc(-c2ncccn2)c1. The van der Waals surface area contributed by atoms with Crippen LogP contribution in [0.2, 0.25) is 0 Å². The summed E-state index contributed by atoms with van der Waals surface area (Å²) in [4.78, 5) is 25.4. The van der Waals surface area contributed by atoms with Crippen molar-refractivity contribution in [3.63, 3.8) is 0 Å². The Morgan fingerprint density at radius 3 is 2.71 bits per heavy atom. The maximum atomic E-state index is 12.7. The van der Waals surface area contributed by atoms with Gasteiger partial charge in [0.2, 0.25) is 0 Å². The molecule has 1 aromatic carbocycles. The van der Waals surface area contributed by atoms with Crippen LogP contribution >= 0.6 is 0 Å². The van der Waals surface area contributed by atoms with Gasteiger partial charge in [0.1, 0.15) is 0 Å². The van der Waals surface area contributed by atoms with E-state index in [1.54, 1.807) is 43.0 Å². The fourth-order valence-electron chi connectivity index (χ4n) is 3.65. The van der Waals surface area contributed by atoms with E-state index in [1.807, 2.05) is 19.1 Å². The third-order valence-corrected chi connectivity index (χ3v) is 5.45. The molecule has 2 heterocycles. The van der Waals surface area contributed by atoms with E-state index in [9.17, 15) is 9.90 Å². The highest BCUT2D eigenvalue weighted by Crippen LogP contribution is 2.19. The van der Waals surface area contributed by atoms with E-state index in [-0.39, 0.29) is 11.9 Å². The van der Waals surface area contributed by atoms with Gasteiger partial charge in [-0.25, -0.2) is 9.97 Å². The quantitative estimate of drug-likeness (QED) is 0.645. The number of aromatic nitrogens is 3. The summed E-state index contributed by atoms with van der Waals surface area (Å²) in [6, 6.07) is 8.95. The van der Waals surface area contributed by atoms with Crippen LogP contribution in [0.4, 0.5) is 0 Å². The summed E-state index contributed by atoms with van der Waals surface area (Å²) in [5.41, 5.74) is 3.83. The maximum Gasteiger partial charge on any atom is 0.251 e. The number of nitrogens with zero attached hydrogens (tertiary/aromatic N) is 3. The zero-order valence-corrected chi connectivity index (χ0v) is 17.4. The minimum atomic E-state index is -0.476. The van der Waals surface area contributed by atoms with Crippen LogP contribution < -0.4 is 5.32 Å². The number of amides is 1. The molecular formula is C25H24N4O2. The van der Waals surface area contributed by atoms with Crippen LogP contribution in [-0.2, 0) is 0 Å². The second-order valence-electron chi connectivity index (χ2n) is 7.75. The second kappa shape index (κ2) is 9.50. The lowest BCUT2D eigenvalue weighted by Gasteiger charge is -2.28. The highest BCUT2D eigenvalue weighted by atomic mass is 16.3. The first-order valence-electron chi connectivity index (χ1n) is 10.4. The predicted molar refractivity (Wildman–Crippen MR) is 118 cm³/mol. The van der Waals surface area contributed by atoms with Crippen molar-refractivity contribution in [2.45, 2.75) is 44.8 Å². The number of aryl methyl sites for hydroxylation is 1. The predicted octanol–water partition coefficient (Wildman–Crippen LogP) is 3.28. The van der Waals surface area contributed by atoms with Crippen LogP contribution in [0.15, 0.2) is 55.1 Å². The number of hydrogen-bond donors (Lipinski definition) is 2. The van der Waals surface area contributed by atoms with Gasteiger partial charge in [-0.3, -0.25) is 9.78 Å².